The van der Waals surface area contributed by atoms with Crippen molar-refractivity contribution in [1.29, 1.82) is 0 Å². The predicted octanol–water partition coefficient (Wildman–Crippen LogP) is 2.45. The summed E-state index contributed by atoms with van der Waals surface area (Å²) in [6.07, 6.45) is 3.34. The van der Waals surface area contributed by atoms with E-state index in [-0.39, 0.29) is 17.7 Å². The lowest BCUT2D eigenvalue weighted by atomic mass is 9.80. The van der Waals surface area contributed by atoms with Gasteiger partial charge in [0.1, 0.15) is 6.61 Å². The lowest BCUT2D eigenvalue weighted by Gasteiger charge is -2.35. The number of hydrogen-bond acceptors (Lipinski definition) is 3. The van der Waals surface area contributed by atoms with Gasteiger partial charge in [-0.1, -0.05) is 13.8 Å². The van der Waals surface area contributed by atoms with Crippen LogP contribution >= 0.6 is 0 Å². The second-order valence-corrected chi connectivity index (χ2v) is 7.45. The standard InChI is InChI=1S/C15H20O3/c1-14(2)4-9-11(6-14)15(3)5-8-10(12(9)18-15)7-17-13(8)16/h9,11-12H,4-7H2,1-3H3/t9-,11+,12+,15+/m1/s1. The molecule has 4 aliphatic rings. The fourth-order valence-electron chi connectivity index (χ4n) is 4.80. The molecule has 0 radical (unpaired) electrons. The van der Waals surface area contributed by atoms with E-state index in [1.54, 1.807) is 0 Å². The molecule has 4 rings (SSSR count). The highest BCUT2D eigenvalue weighted by Crippen LogP contribution is 2.62. The molecule has 0 amide bonds. The molecule has 2 fully saturated rings. The van der Waals surface area contributed by atoms with Gasteiger partial charge >= 0.3 is 5.97 Å². The van der Waals surface area contributed by atoms with E-state index in [9.17, 15) is 4.79 Å². The van der Waals surface area contributed by atoms with Crippen LogP contribution in [0.2, 0.25) is 0 Å². The number of cyclic esters (lactones) is 1. The zero-order valence-electron chi connectivity index (χ0n) is 11.3. The topological polar surface area (TPSA) is 35.5 Å². The van der Waals surface area contributed by atoms with Crippen LogP contribution in [0.3, 0.4) is 0 Å². The average molecular weight is 248 g/mol. The summed E-state index contributed by atoms with van der Waals surface area (Å²) in [5.41, 5.74) is 2.37. The summed E-state index contributed by atoms with van der Waals surface area (Å²) in [4.78, 5) is 11.8. The monoisotopic (exact) mass is 248 g/mol. The zero-order chi connectivity index (χ0) is 12.7. The Kier molecular flexibility index (Phi) is 1.84. The van der Waals surface area contributed by atoms with E-state index in [4.69, 9.17) is 9.47 Å². The summed E-state index contributed by atoms with van der Waals surface area (Å²) in [6.45, 7) is 7.38. The number of rotatable bonds is 0. The Labute approximate surface area is 108 Å². The predicted molar refractivity (Wildman–Crippen MR) is 65.9 cm³/mol. The lowest BCUT2D eigenvalue weighted by molar-refractivity contribution is -0.136. The van der Waals surface area contributed by atoms with Gasteiger partial charge < -0.3 is 9.47 Å². The van der Waals surface area contributed by atoms with Crippen molar-refractivity contribution in [2.45, 2.75) is 51.7 Å². The summed E-state index contributed by atoms with van der Waals surface area (Å²) in [7, 11) is 0. The minimum Gasteiger partial charge on any atom is -0.458 e. The second-order valence-electron chi connectivity index (χ2n) is 7.45. The van der Waals surface area contributed by atoms with Crippen LogP contribution < -0.4 is 0 Å². The maximum atomic E-state index is 11.8. The SMILES string of the molecule is CC1(C)C[C@H]2[C@@H]3O[C@@](C)(CC4=C3COC4=O)[C@H]2C1. The third-order valence-corrected chi connectivity index (χ3v) is 5.51. The van der Waals surface area contributed by atoms with E-state index in [2.05, 4.69) is 20.8 Å². The summed E-state index contributed by atoms with van der Waals surface area (Å²) < 4.78 is 11.5. The Morgan fingerprint density at radius 1 is 1.22 bits per heavy atom. The lowest BCUT2D eigenvalue weighted by Crippen LogP contribution is -2.37. The van der Waals surface area contributed by atoms with Crippen molar-refractivity contribution in [2.75, 3.05) is 6.61 Å². The molecule has 0 unspecified atom stereocenters. The normalized spacial score (nSPS) is 48.2. The van der Waals surface area contributed by atoms with Crippen molar-refractivity contribution in [2.24, 2.45) is 17.3 Å². The molecule has 3 heteroatoms. The summed E-state index contributed by atoms with van der Waals surface area (Å²) in [5.74, 6) is 1.10. The van der Waals surface area contributed by atoms with E-state index in [1.165, 1.54) is 12.8 Å². The van der Waals surface area contributed by atoms with E-state index in [0.717, 1.165) is 17.6 Å². The van der Waals surface area contributed by atoms with Gasteiger partial charge in [0.05, 0.1) is 11.7 Å². The molecule has 3 nitrogen and oxygen atoms in total. The largest absolute Gasteiger partial charge is 0.458 e. The summed E-state index contributed by atoms with van der Waals surface area (Å²) >= 11 is 0. The molecule has 98 valence electrons. The maximum absolute atomic E-state index is 11.8. The molecule has 0 aromatic heterocycles. The number of fused-ring (bicyclic) bond motifs is 6. The number of carbonyl (C=O) groups excluding carboxylic acids is 1. The second kappa shape index (κ2) is 3.01. The third kappa shape index (κ3) is 1.21. The molecule has 3 heterocycles. The van der Waals surface area contributed by atoms with Crippen molar-refractivity contribution in [3.8, 4) is 0 Å². The van der Waals surface area contributed by atoms with Gasteiger partial charge in [-0.25, -0.2) is 4.79 Å². The van der Waals surface area contributed by atoms with Gasteiger partial charge in [-0.3, -0.25) is 0 Å². The molecule has 1 saturated heterocycles. The minimum absolute atomic E-state index is 0.0937. The highest BCUT2D eigenvalue weighted by molar-refractivity contribution is 5.92. The van der Waals surface area contributed by atoms with Gasteiger partial charge in [0.15, 0.2) is 0 Å². The maximum Gasteiger partial charge on any atom is 0.334 e. The first-order chi connectivity index (χ1) is 8.40. The number of hydrogen-bond donors (Lipinski definition) is 0. The van der Waals surface area contributed by atoms with Gasteiger partial charge in [-0.2, -0.15) is 0 Å². The van der Waals surface area contributed by atoms with Crippen molar-refractivity contribution >= 4 is 5.97 Å². The van der Waals surface area contributed by atoms with E-state index >= 15 is 0 Å². The molecule has 3 aliphatic heterocycles. The zero-order valence-corrected chi connectivity index (χ0v) is 11.3. The molecule has 1 aliphatic carbocycles. The number of esters is 1. The van der Waals surface area contributed by atoms with Crippen LogP contribution in [0.5, 0.6) is 0 Å². The van der Waals surface area contributed by atoms with Crippen LogP contribution in [0.1, 0.15) is 40.0 Å². The van der Waals surface area contributed by atoms with Crippen LogP contribution in [0, 0.1) is 17.3 Å². The van der Waals surface area contributed by atoms with Gasteiger partial charge in [-0.05, 0) is 37.0 Å². The van der Waals surface area contributed by atoms with Crippen molar-refractivity contribution in [3.63, 3.8) is 0 Å². The quantitative estimate of drug-likeness (QED) is 0.618. The fraction of sp³-hybridized carbons (Fsp3) is 0.800. The Morgan fingerprint density at radius 3 is 2.78 bits per heavy atom. The third-order valence-electron chi connectivity index (χ3n) is 5.51. The summed E-state index contributed by atoms with van der Waals surface area (Å²) in [6, 6.07) is 0. The Balaban J connectivity index is 1.78. The Morgan fingerprint density at radius 2 is 2.00 bits per heavy atom. The van der Waals surface area contributed by atoms with Crippen molar-refractivity contribution in [3.05, 3.63) is 11.1 Å². The molecule has 4 atom stereocenters. The Hall–Kier alpha value is -0.830. The van der Waals surface area contributed by atoms with E-state index in [0.29, 0.717) is 23.9 Å². The summed E-state index contributed by atoms with van der Waals surface area (Å²) in [5, 5.41) is 0. The van der Waals surface area contributed by atoms with Crippen LogP contribution in [0.4, 0.5) is 0 Å². The van der Waals surface area contributed by atoms with Crippen LogP contribution in [0.25, 0.3) is 0 Å². The molecule has 0 aromatic carbocycles. The molecular weight excluding hydrogens is 228 g/mol. The molecule has 0 N–H and O–H groups in total. The number of carbonyl (C=O) groups is 1. The smallest absolute Gasteiger partial charge is 0.334 e. The van der Waals surface area contributed by atoms with Gasteiger partial charge in [0.25, 0.3) is 0 Å². The van der Waals surface area contributed by atoms with E-state index < -0.39 is 0 Å². The average Bonchev–Trinajstić information content (AvgIpc) is 2.84. The minimum atomic E-state index is -0.134. The van der Waals surface area contributed by atoms with Gasteiger partial charge in [-0.15, -0.1) is 0 Å². The molecular formula is C15H20O3. The van der Waals surface area contributed by atoms with Crippen LogP contribution in [-0.4, -0.2) is 24.3 Å². The fourth-order valence-corrected chi connectivity index (χ4v) is 4.80. The highest BCUT2D eigenvalue weighted by atomic mass is 16.6. The van der Waals surface area contributed by atoms with Crippen LogP contribution in [-0.2, 0) is 14.3 Å². The van der Waals surface area contributed by atoms with E-state index in [1.807, 2.05) is 0 Å². The van der Waals surface area contributed by atoms with Crippen molar-refractivity contribution in [1.82, 2.24) is 0 Å². The first kappa shape index (κ1) is 11.0. The Bertz CT molecular complexity index is 476. The molecule has 18 heavy (non-hydrogen) atoms. The first-order valence-electron chi connectivity index (χ1n) is 6.97. The van der Waals surface area contributed by atoms with Gasteiger partial charge in [0.2, 0.25) is 0 Å². The van der Waals surface area contributed by atoms with Gasteiger partial charge in [0, 0.05) is 17.6 Å². The first-order valence-corrected chi connectivity index (χ1v) is 6.97. The molecule has 1 saturated carbocycles. The van der Waals surface area contributed by atoms with Crippen molar-refractivity contribution < 1.29 is 14.3 Å². The van der Waals surface area contributed by atoms with Crippen LogP contribution in [0.15, 0.2) is 11.1 Å². The highest BCUT2D eigenvalue weighted by Gasteiger charge is 2.62. The molecule has 2 bridgehead atoms. The number of ether oxygens (including phenoxy) is 2. The molecule has 0 spiro atoms. The molecule has 0 aromatic rings.